The van der Waals surface area contributed by atoms with Crippen LogP contribution in [0.4, 0.5) is 0 Å². The zero-order valence-corrected chi connectivity index (χ0v) is 20.6. The molecule has 32 heavy (non-hydrogen) atoms. The predicted molar refractivity (Wildman–Crippen MR) is 116 cm³/mol. The molecule has 0 aromatic carbocycles. The molecular formula is C20H34O10S2. The van der Waals surface area contributed by atoms with Crippen molar-refractivity contribution in [1.82, 2.24) is 0 Å². The van der Waals surface area contributed by atoms with E-state index in [1.807, 2.05) is 12.2 Å². The first kappa shape index (κ1) is 27.2. The molecule has 0 aromatic rings. The van der Waals surface area contributed by atoms with Gasteiger partial charge < -0.3 is 14.6 Å². The lowest BCUT2D eigenvalue weighted by Crippen LogP contribution is -2.50. The molecule has 12 heteroatoms. The van der Waals surface area contributed by atoms with Crippen LogP contribution in [-0.4, -0.2) is 71.1 Å². The van der Waals surface area contributed by atoms with E-state index >= 15 is 0 Å². The van der Waals surface area contributed by atoms with E-state index in [0.717, 1.165) is 12.5 Å². The second-order valence-corrected chi connectivity index (χ2v) is 12.1. The molecule has 10 nitrogen and oxygen atoms in total. The van der Waals surface area contributed by atoms with Crippen molar-refractivity contribution in [2.75, 3.05) is 19.1 Å². The number of hydrogen-bond acceptors (Lipinski definition) is 9. The fraction of sp³-hybridized carbons (Fsp3) is 0.850. The Morgan fingerprint density at radius 2 is 1.66 bits per heavy atom. The van der Waals surface area contributed by atoms with E-state index in [1.165, 1.54) is 0 Å². The number of aliphatic carboxylic acids is 1. The molecule has 0 amide bonds. The van der Waals surface area contributed by atoms with Crippen LogP contribution in [0.3, 0.4) is 0 Å². The highest BCUT2D eigenvalue weighted by Gasteiger charge is 2.50. The van der Waals surface area contributed by atoms with Crippen molar-refractivity contribution in [2.45, 2.75) is 76.5 Å². The summed E-state index contributed by atoms with van der Waals surface area (Å²) in [5, 5.41) is 8.75. The third-order valence-electron chi connectivity index (χ3n) is 5.53. The minimum atomic E-state index is -3.76. The van der Waals surface area contributed by atoms with Gasteiger partial charge in [0.05, 0.1) is 37.4 Å². The van der Waals surface area contributed by atoms with Crippen molar-refractivity contribution in [2.24, 2.45) is 11.8 Å². The van der Waals surface area contributed by atoms with E-state index in [-0.39, 0.29) is 19.4 Å². The molecule has 0 unspecified atom stereocenters. The van der Waals surface area contributed by atoms with Crippen LogP contribution in [0, 0.1) is 11.8 Å². The lowest BCUT2D eigenvalue weighted by molar-refractivity contribution is -0.160. The largest absolute Gasteiger partial charge is 0.481 e. The minimum absolute atomic E-state index is 0.0584. The molecule has 2 fully saturated rings. The molecule has 0 radical (unpaired) electrons. The van der Waals surface area contributed by atoms with Crippen LogP contribution >= 0.6 is 0 Å². The third kappa shape index (κ3) is 9.06. The van der Waals surface area contributed by atoms with E-state index in [0.29, 0.717) is 25.7 Å². The van der Waals surface area contributed by atoms with Gasteiger partial charge >= 0.3 is 5.97 Å². The SMILES string of the molecule is CC1(C)OC[C@H]([C@@H]2[C@H](C/C=C\CCCC(=O)O)[C@H](OS(C)(=O)=O)CC[C@@H]2OS(C)(=O)=O)O1. The Bertz CT molecular complexity index is 878. The first-order chi connectivity index (χ1) is 14.7. The molecule has 186 valence electrons. The Morgan fingerprint density at radius 1 is 1.06 bits per heavy atom. The molecule has 1 saturated carbocycles. The standard InChI is InChI=1S/C20H34O10S2/c1-20(2)27-13-17(28-20)19-14(9-7-5-6-8-10-18(21)22)15(29-31(3,23)24)11-12-16(19)30-32(4,25)26/h5,7,14-17,19H,6,8-13H2,1-4H3,(H,21,22)/b7-5-/t14-,15-,16+,17-,19-/m1/s1. The molecule has 0 aromatic heterocycles. The monoisotopic (exact) mass is 498 g/mol. The van der Waals surface area contributed by atoms with Gasteiger partial charge in [0.25, 0.3) is 20.2 Å². The Hall–Kier alpha value is -1.05. The van der Waals surface area contributed by atoms with Gasteiger partial charge in [-0.3, -0.25) is 13.2 Å². The average Bonchev–Trinajstić information content (AvgIpc) is 2.96. The van der Waals surface area contributed by atoms with Crippen molar-refractivity contribution >= 4 is 26.2 Å². The molecule has 1 N–H and O–H groups in total. The van der Waals surface area contributed by atoms with E-state index < -0.39 is 62.1 Å². The minimum Gasteiger partial charge on any atom is -0.481 e. The Morgan fingerprint density at radius 3 is 2.19 bits per heavy atom. The highest BCUT2D eigenvalue weighted by atomic mass is 32.2. The summed E-state index contributed by atoms with van der Waals surface area (Å²) in [6.07, 6.45) is 5.85. The van der Waals surface area contributed by atoms with Crippen molar-refractivity contribution in [3.05, 3.63) is 12.2 Å². The van der Waals surface area contributed by atoms with Gasteiger partial charge in [0.1, 0.15) is 0 Å². The van der Waals surface area contributed by atoms with E-state index in [1.54, 1.807) is 13.8 Å². The van der Waals surface area contributed by atoms with Gasteiger partial charge in [-0.1, -0.05) is 12.2 Å². The molecule has 1 aliphatic heterocycles. The van der Waals surface area contributed by atoms with Gasteiger partial charge in [0, 0.05) is 12.3 Å². The van der Waals surface area contributed by atoms with Crippen LogP contribution in [-0.2, 0) is 42.9 Å². The van der Waals surface area contributed by atoms with Crippen LogP contribution in [0.15, 0.2) is 12.2 Å². The Kier molecular flexibility index (Phi) is 9.28. The maximum Gasteiger partial charge on any atom is 0.303 e. The number of carboxylic acid groups (broad SMARTS) is 1. The van der Waals surface area contributed by atoms with Crippen molar-refractivity contribution < 1.29 is 44.6 Å². The highest BCUT2D eigenvalue weighted by Crippen LogP contribution is 2.43. The number of hydrogen-bond donors (Lipinski definition) is 1. The zero-order chi connectivity index (χ0) is 24.2. The third-order valence-corrected chi connectivity index (χ3v) is 6.72. The summed E-state index contributed by atoms with van der Waals surface area (Å²) in [6, 6.07) is 0. The average molecular weight is 499 g/mol. The van der Waals surface area contributed by atoms with Gasteiger partial charge in [0.15, 0.2) is 5.79 Å². The molecule has 1 aliphatic carbocycles. The number of ether oxygens (including phenoxy) is 2. The molecule has 1 saturated heterocycles. The normalized spacial score (nSPS) is 31.2. The first-order valence-electron chi connectivity index (χ1n) is 10.6. The number of carbonyl (C=O) groups is 1. The van der Waals surface area contributed by atoms with Gasteiger partial charge in [0.2, 0.25) is 0 Å². The summed E-state index contributed by atoms with van der Waals surface area (Å²) in [5.41, 5.74) is 0. The lowest BCUT2D eigenvalue weighted by atomic mass is 9.71. The molecular weight excluding hydrogens is 464 g/mol. The topological polar surface area (TPSA) is 142 Å². The summed E-state index contributed by atoms with van der Waals surface area (Å²) in [4.78, 5) is 10.7. The van der Waals surface area contributed by atoms with Crippen molar-refractivity contribution in [3.63, 3.8) is 0 Å². The molecule has 1 heterocycles. The number of carboxylic acids is 1. The number of unbranched alkanes of at least 4 members (excludes halogenated alkanes) is 1. The maximum atomic E-state index is 11.9. The summed E-state index contributed by atoms with van der Waals surface area (Å²) in [7, 11) is -7.51. The number of rotatable bonds is 11. The van der Waals surface area contributed by atoms with Gasteiger partial charge in [-0.15, -0.1) is 0 Å². The van der Waals surface area contributed by atoms with Crippen LogP contribution in [0.5, 0.6) is 0 Å². The molecule has 2 aliphatic rings. The highest BCUT2D eigenvalue weighted by molar-refractivity contribution is 7.86. The first-order valence-corrected chi connectivity index (χ1v) is 14.3. The fourth-order valence-electron chi connectivity index (χ4n) is 4.41. The molecule has 0 spiro atoms. The summed E-state index contributed by atoms with van der Waals surface area (Å²) in [6.45, 7) is 3.72. The van der Waals surface area contributed by atoms with E-state index in [9.17, 15) is 21.6 Å². The zero-order valence-electron chi connectivity index (χ0n) is 18.9. The Labute approximate surface area is 190 Å². The van der Waals surface area contributed by atoms with Crippen molar-refractivity contribution in [3.8, 4) is 0 Å². The number of allylic oxidation sites excluding steroid dienone is 2. The second-order valence-electron chi connectivity index (χ2n) is 8.86. The Balaban J connectivity index is 2.28. The smallest absolute Gasteiger partial charge is 0.303 e. The quantitative estimate of drug-likeness (QED) is 0.255. The van der Waals surface area contributed by atoms with E-state index in [2.05, 4.69) is 0 Å². The van der Waals surface area contributed by atoms with Crippen molar-refractivity contribution in [1.29, 1.82) is 0 Å². The summed E-state index contributed by atoms with van der Waals surface area (Å²) >= 11 is 0. The fourth-order valence-corrected chi connectivity index (χ4v) is 5.77. The molecule has 0 bridgehead atoms. The van der Waals surface area contributed by atoms with Gasteiger partial charge in [-0.2, -0.15) is 16.8 Å². The summed E-state index contributed by atoms with van der Waals surface area (Å²) < 4.78 is 70.1. The van der Waals surface area contributed by atoms with Gasteiger partial charge in [-0.25, -0.2) is 0 Å². The van der Waals surface area contributed by atoms with Crippen LogP contribution < -0.4 is 0 Å². The predicted octanol–water partition coefficient (Wildman–Crippen LogP) is 2.05. The molecule has 2 rings (SSSR count). The van der Waals surface area contributed by atoms with Crippen LogP contribution in [0.1, 0.15) is 52.4 Å². The lowest BCUT2D eigenvalue weighted by Gasteiger charge is -2.43. The van der Waals surface area contributed by atoms with Crippen LogP contribution in [0.25, 0.3) is 0 Å². The second kappa shape index (κ2) is 10.9. The molecule has 5 atom stereocenters. The van der Waals surface area contributed by atoms with E-state index in [4.69, 9.17) is 22.9 Å². The summed E-state index contributed by atoms with van der Waals surface area (Å²) in [5.74, 6) is -2.63. The maximum absolute atomic E-state index is 11.9. The van der Waals surface area contributed by atoms with Crippen LogP contribution in [0.2, 0.25) is 0 Å². The van der Waals surface area contributed by atoms with Gasteiger partial charge in [-0.05, 0) is 51.9 Å².